The van der Waals surface area contributed by atoms with Gasteiger partial charge in [0.25, 0.3) is 0 Å². The Morgan fingerprint density at radius 1 is 0.900 bits per heavy atom. The van der Waals surface area contributed by atoms with E-state index in [0.29, 0.717) is 13.1 Å². The zero-order valence-corrected chi connectivity index (χ0v) is 12.5. The number of hydrogen-bond acceptors (Lipinski definition) is 7. The van der Waals surface area contributed by atoms with Crippen LogP contribution in [-0.4, -0.2) is 28.0 Å². The lowest BCUT2D eigenvalue weighted by atomic mass is 10.5. The van der Waals surface area contributed by atoms with Crippen LogP contribution in [-0.2, 0) is 3.79 Å². The van der Waals surface area contributed by atoms with Crippen LogP contribution in [0.1, 0.15) is 18.7 Å². The molecule has 1 aromatic heterocycles. The first-order valence-electron chi connectivity index (χ1n) is 5.52. The van der Waals surface area contributed by atoms with Gasteiger partial charge < -0.3 is 10.6 Å². The molecule has 20 heavy (non-hydrogen) atoms. The Morgan fingerprint density at radius 3 is 1.70 bits per heavy atom. The van der Waals surface area contributed by atoms with Crippen molar-refractivity contribution < 1.29 is 0 Å². The molecule has 0 radical (unpaired) electrons. The van der Waals surface area contributed by atoms with Gasteiger partial charge in [-0.2, -0.15) is 25.5 Å². The molecule has 7 nitrogen and oxygen atoms in total. The van der Waals surface area contributed by atoms with Crippen molar-refractivity contribution in [2.75, 3.05) is 23.7 Å². The summed E-state index contributed by atoms with van der Waals surface area (Å²) >= 11 is 17.2. The van der Waals surface area contributed by atoms with Crippen molar-refractivity contribution in [3.63, 3.8) is 0 Å². The van der Waals surface area contributed by atoms with E-state index in [1.54, 1.807) is 0 Å². The lowest BCUT2D eigenvalue weighted by Crippen LogP contribution is -2.16. The van der Waals surface area contributed by atoms with Crippen LogP contribution < -0.4 is 10.6 Å². The normalized spacial score (nSPS) is 10.4. The molecular weight excluding hydrogens is 325 g/mol. The molecule has 0 aliphatic carbocycles. The predicted molar refractivity (Wildman–Crippen MR) is 76.5 cm³/mol. The Morgan fingerprint density at radius 2 is 1.35 bits per heavy atom. The molecular formula is C10H10Cl3N7. The van der Waals surface area contributed by atoms with Gasteiger partial charge in [-0.3, -0.25) is 0 Å². The van der Waals surface area contributed by atoms with Crippen molar-refractivity contribution in [1.29, 1.82) is 10.5 Å². The molecule has 0 aliphatic rings. The summed E-state index contributed by atoms with van der Waals surface area (Å²) < 4.78 is -1.79. The fourth-order valence-electron chi connectivity index (χ4n) is 1.12. The van der Waals surface area contributed by atoms with Crippen LogP contribution in [0.3, 0.4) is 0 Å². The molecule has 0 saturated heterocycles. The second-order valence-corrected chi connectivity index (χ2v) is 5.76. The van der Waals surface area contributed by atoms with Crippen molar-refractivity contribution >= 4 is 46.7 Å². The minimum Gasteiger partial charge on any atom is -0.353 e. The number of anilines is 2. The van der Waals surface area contributed by atoms with Gasteiger partial charge in [-0.1, -0.05) is 34.8 Å². The summed E-state index contributed by atoms with van der Waals surface area (Å²) in [5.74, 6) is 0.337. The molecule has 2 N–H and O–H groups in total. The zero-order chi connectivity index (χ0) is 15.0. The monoisotopic (exact) mass is 333 g/mol. The molecule has 0 saturated carbocycles. The van der Waals surface area contributed by atoms with E-state index in [0.717, 1.165) is 0 Å². The first-order chi connectivity index (χ1) is 9.47. The fourth-order valence-corrected chi connectivity index (χ4v) is 1.37. The van der Waals surface area contributed by atoms with Crippen LogP contribution in [0, 0.1) is 22.7 Å². The highest BCUT2D eigenvalue weighted by atomic mass is 35.6. The minimum atomic E-state index is -1.79. The van der Waals surface area contributed by atoms with Gasteiger partial charge in [0, 0.05) is 13.1 Å². The van der Waals surface area contributed by atoms with Crippen LogP contribution in [0.25, 0.3) is 0 Å². The molecule has 0 unspecified atom stereocenters. The molecule has 0 bridgehead atoms. The molecule has 0 aromatic carbocycles. The third-order valence-corrected chi connectivity index (χ3v) is 2.44. The number of nitrogens with one attached hydrogen (secondary N) is 2. The van der Waals surface area contributed by atoms with Gasteiger partial charge in [-0.05, 0) is 0 Å². The number of aromatic nitrogens is 3. The quantitative estimate of drug-likeness (QED) is 0.606. The average molecular weight is 335 g/mol. The van der Waals surface area contributed by atoms with E-state index in [4.69, 9.17) is 45.3 Å². The standard InChI is InChI=1S/C10H10Cl3N7/c11-10(12,13)7-18-8(16-5-1-3-14)20-9(19-7)17-6-2-4-15/h1-2,5-6H2,(H2,16,17,18,19,20). The summed E-state index contributed by atoms with van der Waals surface area (Å²) in [6, 6.07) is 3.95. The van der Waals surface area contributed by atoms with Gasteiger partial charge in [0.05, 0.1) is 25.0 Å². The number of nitriles is 2. The van der Waals surface area contributed by atoms with Gasteiger partial charge in [0.2, 0.25) is 15.7 Å². The number of nitrogens with zero attached hydrogens (tertiary/aromatic N) is 5. The van der Waals surface area contributed by atoms with Crippen molar-refractivity contribution in [1.82, 2.24) is 15.0 Å². The number of halogens is 3. The van der Waals surface area contributed by atoms with Crippen LogP contribution >= 0.6 is 34.8 Å². The highest BCUT2D eigenvalue weighted by Crippen LogP contribution is 2.36. The third-order valence-electron chi connectivity index (χ3n) is 1.93. The van der Waals surface area contributed by atoms with Crippen LogP contribution in [0.4, 0.5) is 11.9 Å². The lowest BCUT2D eigenvalue weighted by Gasteiger charge is -2.13. The summed E-state index contributed by atoms with van der Waals surface area (Å²) in [5, 5.41) is 22.6. The molecule has 1 rings (SSSR count). The van der Waals surface area contributed by atoms with Gasteiger partial charge in [-0.25, -0.2) is 0 Å². The highest BCUT2D eigenvalue weighted by molar-refractivity contribution is 6.66. The van der Waals surface area contributed by atoms with Gasteiger partial charge in [0.1, 0.15) is 0 Å². The molecule has 0 aliphatic heterocycles. The number of rotatable bonds is 6. The highest BCUT2D eigenvalue weighted by Gasteiger charge is 2.28. The Kier molecular flexibility index (Phi) is 6.53. The average Bonchev–Trinajstić information content (AvgIpc) is 2.38. The van der Waals surface area contributed by atoms with Crippen LogP contribution in [0.5, 0.6) is 0 Å². The number of alkyl halides is 3. The number of hydrogen-bond donors (Lipinski definition) is 2. The van der Waals surface area contributed by atoms with Crippen molar-refractivity contribution in [2.24, 2.45) is 0 Å². The minimum absolute atomic E-state index is 0.0450. The molecule has 1 aromatic rings. The maximum Gasteiger partial charge on any atom is 0.250 e. The van der Waals surface area contributed by atoms with Gasteiger partial charge in [0.15, 0.2) is 5.82 Å². The van der Waals surface area contributed by atoms with E-state index in [1.807, 2.05) is 12.1 Å². The zero-order valence-electron chi connectivity index (χ0n) is 10.2. The summed E-state index contributed by atoms with van der Waals surface area (Å²) in [6.45, 7) is 0.717. The summed E-state index contributed by atoms with van der Waals surface area (Å²) in [4.78, 5) is 12.0. The largest absolute Gasteiger partial charge is 0.353 e. The Balaban J connectivity index is 2.90. The maximum atomic E-state index is 8.48. The molecule has 0 amide bonds. The maximum absolute atomic E-state index is 8.48. The second-order valence-electron chi connectivity index (χ2n) is 3.47. The molecule has 0 spiro atoms. The second kappa shape index (κ2) is 7.91. The molecule has 1 heterocycles. The SMILES string of the molecule is N#CCCNc1nc(NCCC#N)nc(C(Cl)(Cl)Cl)n1. The molecule has 0 atom stereocenters. The van der Waals surface area contributed by atoms with E-state index in [2.05, 4.69) is 25.6 Å². The summed E-state index contributed by atoms with van der Waals surface area (Å²) in [7, 11) is 0. The van der Waals surface area contributed by atoms with Gasteiger partial charge >= 0.3 is 0 Å². The summed E-state index contributed by atoms with van der Waals surface area (Å²) in [5.41, 5.74) is 0. The van der Waals surface area contributed by atoms with E-state index in [1.165, 1.54) is 0 Å². The topological polar surface area (TPSA) is 110 Å². The molecule has 0 fully saturated rings. The Bertz CT molecular complexity index is 491. The summed E-state index contributed by atoms with van der Waals surface area (Å²) in [6.07, 6.45) is 0.567. The van der Waals surface area contributed by atoms with Crippen LogP contribution in [0.2, 0.25) is 0 Å². The Labute approximate surface area is 130 Å². The van der Waals surface area contributed by atoms with E-state index in [9.17, 15) is 0 Å². The lowest BCUT2D eigenvalue weighted by molar-refractivity contribution is 0.895. The fraction of sp³-hybridized carbons (Fsp3) is 0.500. The van der Waals surface area contributed by atoms with Crippen molar-refractivity contribution in [2.45, 2.75) is 16.6 Å². The predicted octanol–water partition coefficient (Wildman–Crippen LogP) is 2.35. The van der Waals surface area contributed by atoms with E-state index in [-0.39, 0.29) is 30.6 Å². The first kappa shape index (κ1) is 16.5. The van der Waals surface area contributed by atoms with Crippen molar-refractivity contribution in [3.8, 4) is 12.1 Å². The smallest absolute Gasteiger partial charge is 0.250 e. The van der Waals surface area contributed by atoms with Crippen LogP contribution in [0.15, 0.2) is 0 Å². The molecule has 106 valence electrons. The van der Waals surface area contributed by atoms with E-state index >= 15 is 0 Å². The Hall–Kier alpha value is -1.54. The van der Waals surface area contributed by atoms with Gasteiger partial charge in [-0.15, -0.1) is 0 Å². The first-order valence-corrected chi connectivity index (χ1v) is 6.65. The van der Waals surface area contributed by atoms with Crippen molar-refractivity contribution in [3.05, 3.63) is 5.82 Å². The van der Waals surface area contributed by atoms with E-state index < -0.39 is 3.79 Å². The molecule has 10 heteroatoms. The third kappa shape index (κ3) is 5.62.